The second kappa shape index (κ2) is 4.82. The second-order valence-electron chi connectivity index (χ2n) is 2.73. The summed E-state index contributed by atoms with van der Waals surface area (Å²) in [5, 5.41) is 3.86. The zero-order chi connectivity index (χ0) is 9.68. The molecule has 0 atom stereocenters. The third-order valence-electron chi connectivity index (χ3n) is 1.78. The van der Waals surface area contributed by atoms with Gasteiger partial charge in [0, 0.05) is 19.3 Å². The number of nitrogens with zero attached hydrogens (tertiary/aromatic N) is 1. The van der Waals surface area contributed by atoms with Gasteiger partial charge in [-0.15, -0.1) is 0 Å². The normalized spacial score (nSPS) is 9.38. The first-order chi connectivity index (χ1) is 6.25. The summed E-state index contributed by atoms with van der Waals surface area (Å²) < 4.78 is 0. The van der Waals surface area contributed by atoms with E-state index in [1.165, 1.54) is 0 Å². The van der Waals surface area contributed by atoms with E-state index in [1.54, 1.807) is 0 Å². The van der Waals surface area contributed by atoms with Gasteiger partial charge in [-0.3, -0.25) is 0 Å². The molecule has 1 N–H and O–H groups in total. The molecule has 2 nitrogen and oxygen atoms in total. The number of rotatable bonds is 2. The Bertz CT molecular complexity index is 272. The van der Waals surface area contributed by atoms with Crippen molar-refractivity contribution < 1.29 is 0 Å². The Morgan fingerprint density at radius 3 is 2.54 bits per heavy atom. The summed E-state index contributed by atoms with van der Waals surface area (Å²) in [4.78, 5) is 1.96. The largest absolute Gasteiger partial charge is 0.363 e. The van der Waals surface area contributed by atoms with Crippen LogP contribution in [-0.4, -0.2) is 18.7 Å². The van der Waals surface area contributed by atoms with Crippen LogP contribution in [0.25, 0.3) is 0 Å². The highest BCUT2D eigenvalue weighted by molar-refractivity contribution is 7.80. The van der Waals surface area contributed by atoms with Crippen LogP contribution in [0.15, 0.2) is 30.3 Å². The van der Waals surface area contributed by atoms with E-state index >= 15 is 0 Å². The Kier molecular flexibility index (Phi) is 3.71. The molecule has 0 fully saturated rings. The van der Waals surface area contributed by atoms with E-state index in [9.17, 15) is 0 Å². The number of anilines is 1. The molecular weight excluding hydrogens is 180 g/mol. The van der Waals surface area contributed by atoms with Gasteiger partial charge < -0.3 is 10.2 Å². The molecular formula is C10H14N2S. The van der Waals surface area contributed by atoms with E-state index in [-0.39, 0.29) is 0 Å². The van der Waals surface area contributed by atoms with Crippen LogP contribution < -0.4 is 10.2 Å². The highest BCUT2D eigenvalue weighted by Crippen LogP contribution is 2.10. The molecule has 0 amide bonds. The van der Waals surface area contributed by atoms with Crippen LogP contribution in [0.5, 0.6) is 0 Å². The molecule has 0 radical (unpaired) electrons. The van der Waals surface area contributed by atoms with Crippen molar-refractivity contribution in [1.82, 2.24) is 5.32 Å². The van der Waals surface area contributed by atoms with Crippen LogP contribution in [0.4, 0.5) is 5.69 Å². The van der Waals surface area contributed by atoms with Crippen molar-refractivity contribution in [2.24, 2.45) is 0 Å². The van der Waals surface area contributed by atoms with Crippen LogP contribution in [0.3, 0.4) is 0 Å². The van der Waals surface area contributed by atoms with Crippen LogP contribution in [0.1, 0.15) is 6.92 Å². The van der Waals surface area contributed by atoms with Gasteiger partial charge in [0.25, 0.3) is 0 Å². The maximum absolute atomic E-state index is 5.17. The molecule has 1 aromatic rings. The van der Waals surface area contributed by atoms with Crippen molar-refractivity contribution in [3.8, 4) is 0 Å². The van der Waals surface area contributed by atoms with Gasteiger partial charge in [-0.25, -0.2) is 0 Å². The minimum absolute atomic E-state index is 0.758. The number of thiocarbonyl (C=S) groups is 1. The highest BCUT2D eigenvalue weighted by Gasteiger charge is 2.03. The molecule has 0 saturated carbocycles. The minimum Gasteiger partial charge on any atom is -0.363 e. The predicted molar refractivity (Wildman–Crippen MR) is 61.1 cm³/mol. The molecule has 0 aliphatic heterocycles. The van der Waals surface area contributed by atoms with Crippen LogP contribution >= 0.6 is 12.2 Å². The zero-order valence-corrected chi connectivity index (χ0v) is 8.77. The summed E-state index contributed by atoms with van der Waals surface area (Å²) in [6.45, 7) is 2.89. The Morgan fingerprint density at radius 2 is 2.00 bits per heavy atom. The fourth-order valence-corrected chi connectivity index (χ4v) is 1.29. The van der Waals surface area contributed by atoms with Gasteiger partial charge in [-0.2, -0.15) is 0 Å². The summed E-state index contributed by atoms with van der Waals surface area (Å²) in [7, 11) is 1.96. The van der Waals surface area contributed by atoms with Crippen LogP contribution in [0.2, 0.25) is 0 Å². The first kappa shape index (κ1) is 9.99. The third-order valence-corrected chi connectivity index (χ3v) is 2.19. The molecule has 0 aromatic heterocycles. The molecule has 70 valence electrons. The van der Waals surface area contributed by atoms with E-state index in [1.807, 2.05) is 49.2 Å². The number of para-hydroxylation sites is 1. The van der Waals surface area contributed by atoms with Gasteiger partial charge in [0.05, 0.1) is 0 Å². The Hall–Kier alpha value is -1.09. The van der Waals surface area contributed by atoms with Crippen LogP contribution in [-0.2, 0) is 0 Å². The SMILES string of the molecule is CCNC(=S)N(C)c1ccccc1. The average molecular weight is 194 g/mol. The third kappa shape index (κ3) is 2.70. The van der Waals surface area contributed by atoms with Gasteiger partial charge in [-0.1, -0.05) is 18.2 Å². The molecule has 0 aliphatic carbocycles. The fourth-order valence-electron chi connectivity index (χ4n) is 1.04. The van der Waals surface area contributed by atoms with E-state index in [0.717, 1.165) is 17.3 Å². The molecule has 13 heavy (non-hydrogen) atoms. The number of benzene rings is 1. The lowest BCUT2D eigenvalue weighted by molar-refractivity contribution is 0.956. The van der Waals surface area contributed by atoms with Crippen molar-refractivity contribution in [1.29, 1.82) is 0 Å². The summed E-state index contributed by atoms with van der Waals surface area (Å²) in [6.07, 6.45) is 0. The van der Waals surface area contributed by atoms with Gasteiger partial charge in [0.1, 0.15) is 0 Å². The predicted octanol–water partition coefficient (Wildman–Crippen LogP) is 2.02. The first-order valence-corrected chi connectivity index (χ1v) is 4.73. The van der Waals surface area contributed by atoms with Gasteiger partial charge in [-0.05, 0) is 31.3 Å². The zero-order valence-electron chi connectivity index (χ0n) is 7.95. The minimum atomic E-state index is 0.758. The lowest BCUT2D eigenvalue weighted by Crippen LogP contribution is -2.36. The van der Waals surface area contributed by atoms with Crippen molar-refractivity contribution in [3.05, 3.63) is 30.3 Å². The average Bonchev–Trinajstić information content (AvgIpc) is 2.18. The van der Waals surface area contributed by atoms with Gasteiger partial charge >= 0.3 is 0 Å². The molecule has 0 heterocycles. The summed E-state index contributed by atoms with van der Waals surface area (Å²) in [5.41, 5.74) is 1.11. The molecule has 0 unspecified atom stereocenters. The molecule has 0 bridgehead atoms. The lowest BCUT2D eigenvalue weighted by atomic mass is 10.3. The Morgan fingerprint density at radius 1 is 1.38 bits per heavy atom. The van der Waals surface area contributed by atoms with Crippen LogP contribution in [0, 0.1) is 0 Å². The molecule has 0 aliphatic rings. The van der Waals surface area contributed by atoms with Gasteiger partial charge in [0.2, 0.25) is 0 Å². The standard InChI is InChI=1S/C10H14N2S/c1-3-11-10(13)12(2)9-7-5-4-6-8-9/h4-8H,3H2,1-2H3,(H,11,13). The number of nitrogens with one attached hydrogen (secondary N) is 1. The van der Waals surface area contributed by atoms with E-state index in [2.05, 4.69) is 5.32 Å². The summed E-state index contributed by atoms with van der Waals surface area (Å²) >= 11 is 5.17. The maximum Gasteiger partial charge on any atom is 0.173 e. The van der Waals surface area contributed by atoms with Crippen molar-refractivity contribution in [2.75, 3.05) is 18.5 Å². The Labute approximate surface area is 84.6 Å². The van der Waals surface area contributed by atoms with E-state index in [0.29, 0.717) is 0 Å². The fraction of sp³-hybridized carbons (Fsp3) is 0.300. The maximum atomic E-state index is 5.17. The van der Waals surface area contributed by atoms with E-state index in [4.69, 9.17) is 12.2 Å². The Balaban J connectivity index is 2.68. The smallest absolute Gasteiger partial charge is 0.173 e. The number of hydrogen-bond acceptors (Lipinski definition) is 1. The topological polar surface area (TPSA) is 15.3 Å². The number of hydrogen-bond donors (Lipinski definition) is 1. The molecule has 0 saturated heterocycles. The van der Waals surface area contributed by atoms with Crippen molar-refractivity contribution in [3.63, 3.8) is 0 Å². The summed E-state index contributed by atoms with van der Waals surface area (Å²) in [5.74, 6) is 0. The molecule has 0 spiro atoms. The summed E-state index contributed by atoms with van der Waals surface area (Å²) in [6, 6.07) is 10.1. The monoisotopic (exact) mass is 194 g/mol. The highest BCUT2D eigenvalue weighted by atomic mass is 32.1. The van der Waals surface area contributed by atoms with Crippen molar-refractivity contribution >= 4 is 23.0 Å². The van der Waals surface area contributed by atoms with Gasteiger partial charge in [0.15, 0.2) is 5.11 Å². The van der Waals surface area contributed by atoms with E-state index < -0.39 is 0 Å². The second-order valence-corrected chi connectivity index (χ2v) is 3.12. The van der Waals surface area contributed by atoms with Crippen molar-refractivity contribution in [2.45, 2.75) is 6.92 Å². The first-order valence-electron chi connectivity index (χ1n) is 4.32. The lowest BCUT2D eigenvalue weighted by Gasteiger charge is -2.20. The molecule has 1 rings (SSSR count). The molecule has 1 aromatic carbocycles. The molecule has 3 heteroatoms. The quantitative estimate of drug-likeness (QED) is 0.725.